The number of nitrogens with one attached hydrogen (secondary N) is 1. The number of piperidine rings is 1. The molecule has 0 radical (unpaired) electrons. The molecule has 1 aromatic carbocycles. The lowest BCUT2D eigenvalue weighted by molar-refractivity contribution is 0.176. The number of hydrogen-bond donors (Lipinski definition) is 1. The normalized spacial score (nSPS) is 17.6. The number of nitrogens with zero attached hydrogens (tertiary/aromatic N) is 3. The van der Waals surface area contributed by atoms with Crippen molar-refractivity contribution in [3.63, 3.8) is 0 Å². The Bertz CT molecular complexity index is 771. The summed E-state index contributed by atoms with van der Waals surface area (Å²) in [5, 5.41) is 2.69. The van der Waals surface area contributed by atoms with Gasteiger partial charge in [0.05, 0.1) is 5.69 Å². The van der Waals surface area contributed by atoms with Crippen LogP contribution in [0.4, 0.5) is 14.9 Å². The highest BCUT2D eigenvalue weighted by Gasteiger charge is 2.26. The van der Waals surface area contributed by atoms with Gasteiger partial charge in [0.1, 0.15) is 11.6 Å². The van der Waals surface area contributed by atoms with E-state index in [0.29, 0.717) is 25.0 Å². The van der Waals surface area contributed by atoms with Gasteiger partial charge in [-0.05, 0) is 51.7 Å². The molecule has 140 valence electrons. The van der Waals surface area contributed by atoms with Gasteiger partial charge in [-0.25, -0.2) is 14.2 Å². The third kappa shape index (κ3) is 4.06. The first-order chi connectivity index (χ1) is 12.5. The van der Waals surface area contributed by atoms with E-state index in [4.69, 9.17) is 0 Å². The zero-order valence-corrected chi connectivity index (χ0v) is 15.7. The predicted octanol–water partition coefficient (Wildman–Crippen LogP) is 4.40. The maximum absolute atomic E-state index is 13.8. The summed E-state index contributed by atoms with van der Waals surface area (Å²) < 4.78 is 16.0. The molecule has 5 nitrogen and oxygen atoms in total. The first-order valence-corrected chi connectivity index (χ1v) is 9.29. The van der Waals surface area contributed by atoms with E-state index < -0.39 is 5.82 Å². The summed E-state index contributed by atoms with van der Waals surface area (Å²) in [7, 11) is 0. The predicted molar refractivity (Wildman–Crippen MR) is 101 cm³/mol. The first-order valence-electron chi connectivity index (χ1n) is 9.29. The van der Waals surface area contributed by atoms with E-state index in [1.165, 1.54) is 11.8 Å². The molecule has 0 spiro atoms. The Morgan fingerprint density at radius 3 is 2.88 bits per heavy atom. The highest BCUT2D eigenvalue weighted by molar-refractivity contribution is 5.89. The molecule has 1 aromatic heterocycles. The molecular formula is C20H27FN4O. The largest absolute Gasteiger partial charge is 0.330 e. The number of likely N-dealkylation sites (tertiary alicyclic amines) is 1. The molecule has 6 heteroatoms. The van der Waals surface area contributed by atoms with Crippen molar-refractivity contribution in [3.8, 4) is 0 Å². The van der Waals surface area contributed by atoms with Crippen LogP contribution in [-0.2, 0) is 6.42 Å². The van der Waals surface area contributed by atoms with Crippen LogP contribution in [0.5, 0.6) is 0 Å². The number of anilines is 1. The van der Waals surface area contributed by atoms with Crippen LogP contribution in [0, 0.1) is 18.7 Å². The summed E-state index contributed by atoms with van der Waals surface area (Å²) in [6.07, 6.45) is 4.81. The fourth-order valence-electron chi connectivity index (χ4n) is 3.78. The van der Waals surface area contributed by atoms with Crippen molar-refractivity contribution in [3.05, 3.63) is 47.8 Å². The number of amides is 2. The van der Waals surface area contributed by atoms with Gasteiger partial charge in [-0.3, -0.25) is 0 Å². The molecule has 1 aliphatic heterocycles. The number of benzene rings is 1. The van der Waals surface area contributed by atoms with E-state index >= 15 is 0 Å². The fourth-order valence-corrected chi connectivity index (χ4v) is 3.78. The molecule has 0 saturated carbocycles. The van der Waals surface area contributed by atoms with Gasteiger partial charge in [0.15, 0.2) is 0 Å². The number of imidazole rings is 1. The molecule has 1 saturated heterocycles. The Labute approximate surface area is 154 Å². The van der Waals surface area contributed by atoms with Crippen molar-refractivity contribution in [2.24, 2.45) is 5.92 Å². The van der Waals surface area contributed by atoms with Crippen LogP contribution in [0.2, 0.25) is 0 Å². The molecule has 2 heterocycles. The summed E-state index contributed by atoms with van der Waals surface area (Å²) in [5.74, 6) is 1.04. The highest BCUT2D eigenvalue weighted by atomic mass is 19.1. The Morgan fingerprint density at radius 2 is 2.15 bits per heavy atom. The van der Waals surface area contributed by atoms with Crippen LogP contribution in [0.1, 0.15) is 44.2 Å². The summed E-state index contributed by atoms with van der Waals surface area (Å²) in [6, 6.07) is 6.39. The minimum Gasteiger partial charge on any atom is -0.330 e. The van der Waals surface area contributed by atoms with Crippen molar-refractivity contribution >= 4 is 11.7 Å². The van der Waals surface area contributed by atoms with Gasteiger partial charge >= 0.3 is 6.03 Å². The van der Waals surface area contributed by atoms with Crippen molar-refractivity contribution in [1.29, 1.82) is 0 Å². The van der Waals surface area contributed by atoms with E-state index in [2.05, 4.69) is 35.6 Å². The maximum atomic E-state index is 13.8. The average molecular weight is 358 g/mol. The number of carbonyl (C=O) groups is 1. The number of aryl methyl sites for hydroxylation is 1. The number of carbonyl (C=O) groups excluding carboxylic acids is 1. The molecule has 1 fully saturated rings. The Kier molecular flexibility index (Phi) is 5.59. The van der Waals surface area contributed by atoms with Gasteiger partial charge in [-0.1, -0.05) is 12.1 Å². The fraction of sp³-hybridized carbons (Fsp3) is 0.500. The van der Waals surface area contributed by atoms with Crippen LogP contribution in [0.25, 0.3) is 0 Å². The number of halogens is 1. The summed E-state index contributed by atoms with van der Waals surface area (Å²) in [5.41, 5.74) is 1.39. The third-order valence-electron chi connectivity index (χ3n) is 4.97. The number of urea groups is 1. The lowest BCUT2D eigenvalue weighted by Crippen LogP contribution is -2.43. The second-order valence-corrected chi connectivity index (χ2v) is 7.35. The SMILES string of the molecule is Cc1cnc(CC2CCCN(C(=O)Nc3ccccc3F)C2)n1C(C)C. The monoisotopic (exact) mass is 358 g/mol. The van der Waals surface area contributed by atoms with Gasteiger partial charge in [0.25, 0.3) is 0 Å². The topological polar surface area (TPSA) is 50.2 Å². The van der Waals surface area contributed by atoms with E-state index in [9.17, 15) is 9.18 Å². The first kappa shape index (κ1) is 18.4. The minimum atomic E-state index is -0.413. The van der Waals surface area contributed by atoms with E-state index in [0.717, 1.165) is 25.1 Å². The van der Waals surface area contributed by atoms with Crippen LogP contribution in [0.15, 0.2) is 30.5 Å². The van der Waals surface area contributed by atoms with Crippen molar-refractivity contribution in [1.82, 2.24) is 14.5 Å². The van der Waals surface area contributed by atoms with Gasteiger partial charge in [-0.2, -0.15) is 0 Å². The molecule has 1 unspecified atom stereocenters. The van der Waals surface area contributed by atoms with Crippen LogP contribution < -0.4 is 5.32 Å². The molecule has 26 heavy (non-hydrogen) atoms. The number of para-hydroxylation sites is 1. The smallest absolute Gasteiger partial charge is 0.321 e. The second kappa shape index (κ2) is 7.89. The molecule has 3 rings (SSSR count). The lowest BCUT2D eigenvalue weighted by atomic mass is 9.94. The zero-order chi connectivity index (χ0) is 18.7. The molecule has 2 amide bonds. The Hall–Kier alpha value is -2.37. The Morgan fingerprint density at radius 1 is 1.38 bits per heavy atom. The third-order valence-corrected chi connectivity index (χ3v) is 4.97. The quantitative estimate of drug-likeness (QED) is 0.881. The molecule has 1 N–H and O–H groups in total. The van der Waals surface area contributed by atoms with Gasteiger partial charge < -0.3 is 14.8 Å². The standard InChI is InChI=1S/C20H27FN4O/c1-14(2)25-15(3)12-22-19(25)11-16-7-6-10-24(13-16)20(26)23-18-9-5-4-8-17(18)21/h4-5,8-9,12,14,16H,6-7,10-11,13H2,1-3H3,(H,23,26). The maximum Gasteiger partial charge on any atom is 0.321 e. The number of rotatable bonds is 4. The molecular weight excluding hydrogens is 331 g/mol. The second-order valence-electron chi connectivity index (χ2n) is 7.35. The van der Waals surface area contributed by atoms with E-state index in [-0.39, 0.29) is 11.7 Å². The summed E-state index contributed by atoms with van der Waals surface area (Å²) in [4.78, 5) is 18.9. The van der Waals surface area contributed by atoms with E-state index in [1.807, 2.05) is 6.20 Å². The number of aromatic nitrogens is 2. The molecule has 2 aromatic rings. The summed E-state index contributed by atoms with van der Waals surface area (Å²) >= 11 is 0. The van der Waals surface area contributed by atoms with Crippen LogP contribution in [-0.4, -0.2) is 33.6 Å². The molecule has 1 aliphatic rings. The zero-order valence-electron chi connectivity index (χ0n) is 15.7. The van der Waals surface area contributed by atoms with Gasteiger partial charge in [0.2, 0.25) is 0 Å². The van der Waals surface area contributed by atoms with E-state index in [1.54, 1.807) is 23.1 Å². The van der Waals surface area contributed by atoms with Gasteiger partial charge in [0, 0.05) is 37.4 Å². The molecule has 0 bridgehead atoms. The van der Waals surface area contributed by atoms with Crippen LogP contribution in [0.3, 0.4) is 0 Å². The van der Waals surface area contributed by atoms with Crippen molar-refractivity contribution in [2.75, 3.05) is 18.4 Å². The van der Waals surface area contributed by atoms with Crippen LogP contribution >= 0.6 is 0 Å². The van der Waals surface area contributed by atoms with Crippen molar-refractivity contribution in [2.45, 2.75) is 46.1 Å². The summed E-state index contributed by atoms with van der Waals surface area (Å²) in [6.45, 7) is 7.77. The van der Waals surface area contributed by atoms with Crippen molar-refractivity contribution < 1.29 is 9.18 Å². The molecule has 0 aliphatic carbocycles. The van der Waals surface area contributed by atoms with Gasteiger partial charge in [-0.15, -0.1) is 0 Å². The minimum absolute atomic E-state index is 0.227. The number of hydrogen-bond acceptors (Lipinski definition) is 2. The highest BCUT2D eigenvalue weighted by Crippen LogP contribution is 2.24. The molecule has 1 atom stereocenters. The average Bonchev–Trinajstić information content (AvgIpc) is 2.97. The lowest BCUT2D eigenvalue weighted by Gasteiger charge is -2.33. The Balaban J connectivity index is 1.64.